The second kappa shape index (κ2) is 4.57. The fourth-order valence-electron chi connectivity index (χ4n) is 0.805. The molecule has 1 rings (SSSR count). The average Bonchev–Trinajstić information content (AvgIpc) is 2.14. The summed E-state index contributed by atoms with van der Waals surface area (Å²) < 4.78 is 0. The number of amides is 2. The van der Waals surface area contributed by atoms with Gasteiger partial charge in [-0.05, 0) is 6.07 Å². The number of carbonyl (C=O) groups excluding carboxylic acids is 2. The normalized spacial score (nSPS) is 9.50. The third-order valence-electron chi connectivity index (χ3n) is 1.39. The van der Waals surface area contributed by atoms with E-state index in [9.17, 15) is 9.59 Å². The van der Waals surface area contributed by atoms with Gasteiger partial charge < -0.3 is 11.1 Å². The first-order valence-corrected chi connectivity index (χ1v) is 4.14. The number of hydrogen-bond acceptors (Lipinski definition) is 3. The average molecular weight is 214 g/mol. The molecule has 0 aliphatic rings. The van der Waals surface area contributed by atoms with E-state index < -0.39 is 11.8 Å². The summed E-state index contributed by atoms with van der Waals surface area (Å²) in [5.41, 5.74) is 5.14. The summed E-state index contributed by atoms with van der Waals surface area (Å²) in [6, 6.07) is 1.45. The molecule has 14 heavy (non-hydrogen) atoms. The molecule has 0 saturated carbocycles. The monoisotopic (exact) mass is 213 g/mol. The maximum Gasteiger partial charge on any atom is 0.253 e. The van der Waals surface area contributed by atoms with Crippen molar-refractivity contribution < 1.29 is 9.59 Å². The summed E-state index contributed by atoms with van der Waals surface area (Å²) in [6.45, 7) is -0.203. The lowest BCUT2D eigenvalue weighted by Crippen LogP contribution is -2.33. The molecule has 2 amide bonds. The van der Waals surface area contributed by atoms with Gasteiger partial charge in [0.15, 0.2) is 0 Å². The second-order valence-corrected chi connectivity index (χ2v) is 2.98. The molecule has 0 bridgehead atoms. The summed E-state index contributed by atoms with van der Waals surface area (Å²) in [4.78, 5) is 25.4. The van der Waals surface area contributed by atoms with E-state index in [0.29, 0.717) is 10.6 Å². The largest absolute Gasteiger partial charge is 0.368 e. The van der Waals surface area contributed by atoms with E-state index in [0.717, 1.165) is 0 Å². The summed E-state index contributed by atoms with van der Waals surface area (Å²) in [5, 5.41) is 2.67. The summed E-state index contributed by atoms with van der Waals surface area (Å²) in [7, 11) is 0. The Labute approximate surface area is 85.3 Å². The molecule has 0 saturated heterocycles. The molecule has 0 aromatic carbocycles. The van der Waals surface area contributed by atoms with Crippen LogP contribution >= 0.6 is 11.6 Å². The molecule has 6 heteroatoms. The van der Waals surface area contributed by atoms with E-state index in [1.54, 1.807) is 0 Å². The molecule has 3 N–H and O–H groups in total. The topological polar surface area (TPSA) is 85.1 Å². The van der Waals surface area contributed by atoms with Gasteiger partial charge in [-0.15, -0.1) is 0 Å². The third kappa shape index (κ3) is 3.02. The van der Waals surface area contributed by atoms with Crippen molar-refractivity contribution in [3.8, 4) is 0 Å². The maximum absolute atomic E-state index is 11.3. The zero-order chi connectivity index (χ0) is 10.6. The number of nitrogens with two attached hydrogens (primary N) is 1. The fourth-order valence-corrected chi connectivity index (χ4v) is 0.979. The molecule has 0 fully saturated rings. The van der Waals surface area contributed by atoms with Gasteiger partial charge in [0.05, 0.1) is 17.1 Å². The zero-order valence-corrected chi connectivity index (χ0v) is 7.91. The second-order valence-electron chi connectivity index (χ2n) is 2.54. The van der Waals surface area contributed by atoms with Crippen LogP contribution in [-0.2, 0) is 4.79 Å². The van der Waals surface area contributed by atoms with E-state index in [4.69, 9.17) is 17.3 Å². The molecule has 1 aromatic heterocycles. The first-order chi connectivity index (χ1) is 6.59. The van der Waals surface area contributed by atoms with Crippen LogP contribution in [0.2, 0.25) is 5.02 Å². The van der Waals surface area contributed by atoms with Gasteiger partial charge in [0.25, 0.3) is 5.91 Å². The van der Waals surface area contributed by atoms with E-state index in [1.165, 1.54) is 18.5 Å². The van der Waals surface area contributed by atoms with Crippen LogP contribution in [-0.4, -0.2) is 23.3 Å². The van der Waals surface area contributed by atoms with Gasteiger partial charge in [0, 0.05) is 12.4 Å². The Bertz CT molecular complexity index is 367. The Kier molecular flexibility index (Phi) is 3.41. The molecular formula is C8H8ClN3O2. The van der Waals surface area contributed by atoms with Gasteiger partial charge in [-0.25, -0.2) is 0 Å². The molecule has 0 unspecified atom stereocenters. The highest BCUT2D eigenvalue weighted by molar-refractivity contribution is 6.30. The first kappa shape index (κ1) is 10.5. The Hall–Kier alpha value is -1.62. The van der Waals surface area contributed by atoms with Crippen molar-refractivity contribution in [1.29, 1.82) is 0 Å². The van der Waals surface area contributed by atoms with Gasteiger partial charge in [-0.3, -0.25) is 14.6 Å². The Balaban J connectivity index is 2.65. The summed E-state index contributed by atoms with van der Waals surface area (Å²) in [5.74, 6) is -1.04. The molecule has 0 radical (unpaired) electrons. The Morgan fingerprint density at radius 3 is 2.79 bits per heavy atom. The smallest absolute Gasteiger partial charge is 0.253 e. The molecule has 5 nitrogen and oxygen atoms in total. The number of pyridine rings is 1. The molecule has 0 aliphatic heterocycles. The number of nitrogens with one attached hydrogen (secondary N) is 1. The van der Waals surface area contributed by atoms with Gasteiger partial charge in [-0.2, -0.15) is 0 Å². The Morgan fingerprint density at radius 2 is 2.21 bits per heavy atom. The maximum atomic E-state index is 11.3. The van der Waals surface area contributed by atoms with Crippen LogP contribution in [0.5, 0.6) is 0 Å². The van der Waals surface area contributed by atoms with Gasteiger partial charge in [0.1, 0.15) is 0 Å². The lowest BCUT2D eigenvalue weighted by Gasteiger charge is -2.01. The van der Waals surface area contributed by atoms with Crippen molar-refractivity contribution >= 4 is 23.4 Å². The fraction of sp³-hybridized carbons (Fsp3) is 0.125. The van der Waals surface area contributed by atoms with Crippen molar-refractivity contribution in [3.63, 3.8) is 0 Å². The quantitative estimate of drug-likeness (QED) is 0.738. The number of rotatable bonds is 3. The molecular weight excluding hydrogens is 206 g/mol. The number of carbonyl (C=O) groups is 2. The molecule has 0 aliphatic carbocycles. The molecule has 74 valence electrons. The highest BCUT2D eigenvalue weighted by atomic mass is 35.5. The van der Waals surface area contributed by atoms with Crippen LogP contribution in [0.1, 0.15) is 10.4 Å². The van der Waals surface area contributed by atoms with Gasteiger partial charge in [-0.1, -0.05) is 11.6 Å². The number of primary amides is 1. The van der Waals surface area contributed by atoms with E-state index >= 15 is 0 Å². The lowest BCUT2D eigenvalue weighted by atomic mass is 10.3. The molecule has 0 spiro atoms. The highest BCUT2D eigenvalue weighted by Gasteiger charge is 2.06. The SMILES string of the molecule is NC(=O)CNC(=O)c1cncc(Cl)c1. The molecule has 0 atom stereocenters. The van der Waals surface area contributed by atoms with Crippen LogP contribution in [0, 0.1) is 0 Å². The van der Waals surface area contributed by atoms with Crippen molar-refractivity contribution in [1.82, 2.24) is 10.3 Å². The minimum atomic E-state index is -0.603. The van der Waals surface area contributed by atoms with Gasteiger partial charge >= 0.3 is 0 Å². The number of aromatic nitrogens is 1. The van der Waals surface area contributed by atoms with Crippen LogP contribution in [0.3, 0.4) is 0 Å². The van der Waals surface area contributed by atoms with Crippen LogP contribution in [0.15, 0.2) is 18.5 Å². The minimum absolute atomic E-state index is 0.203. The number of hydrogen-bond donors (Lipinski definition) is 2. The van der Waals surface area contributed by atoms with Crippen molar-refractivity contribution in [2.24, 2.45) is 5.73 Å². The number of halogens is 1. The van der Waals surface area contributed by atoms with Crippen molar-refractivity contribution in [3.05, 3.63) is 29.0 Å². The van der Waals surface area contributed by atoms with Crippen LogP contribution < -0.4 is 11.1 Å². The van der Waals surface area contributed by atoms with E-state index in [2.05, 4.69) is 10.3 Å². The van der Waals surface area contributed by atoms with E-state index in [-0.39, 0.29) is 6.54 Å². The summed E-state index contributed by atoms with van der Waals surface area (Å²) in [6.07, 6.45) is 2.76. The standard InChI is InChI=1S/C8H8ClN3O2/c9-6-1-5(2-11-3-6)8(14)12-4-7(10)13/h1-3H,4H2,(H2,10,13)(H,12,14). The summed E-state index contributed by atoms with van der Waals surface area (Å²) >= 11 is 5.62. The highest BCUT2D eigenvalue weighted by Crippen LogP contribution is 2.07. The predicted octanol–water partition coefficient (Wildman–Crippen LogP) is -0.0499. The van der Waals surface area contributed by atoms with Crippen LogP contribution in [0.4, 0.5) is 0 Å². The zero-order valence-electron chi connectivity index (χ0n) is 7.16. The van der Waals surface area contributed by atoms with Gasteiger partial charge in [0.2, 0.25) is 5.91 Å². The van der Waals surface area contributed by atoms with Crippen molar-refractivity contribution in [2.75, 3.05) is 6.54 Å². The predicted molar refractivity (Wildman–Crippen MR) is 50.8 cm³/mol. The third-order valence-corrected chi connectivity index (χ3v) is 1.60. The van der Waals surface area contributed by atoms with Crippen molar-refractivity contribution in [2.45, 2.75) is 0 Å². The van der Waals surface area contributed by atoms with Crippen LogP contribution in [0.25, 0.3) is 0 Å². The lowest BCUT2D eigenvalue weighted by molar-refractivity contribution is -0.117. The molecule has 1 aromatic rings. The Morgan fingerprint density at radius 1 is 1.50 bits per heavy atom. The minimum Gasteiger partial charge on any atom is -0.368 e. The first-order valence-electron chi connectivity index (χ1n) is 3.76. The van der Waals surface area contributed by atoms with E-state index in [1.807, 2.05) is 0 Å². The molecule has 1 heterocycles. The number of nitrogens with zero attached hydrogens (tertiary/aromatic N) is 1.